The summed E-state index contributed by atoms with van der Waals surface area (Å²) in [6, 6.07) is 18.8. The van der Waals surface area contributed by atoms with Crippen molar-refractivity contribution in [1.29, 1.82) is 0 Å². The van der Waals surface area contributed by atoms with E-state index < -0.39 is 6.04 Å². The predicted octanol–water partition coefficient (Wildman–Crippen LogP) is 5.60. The molecule has 5 nitrogen and oxygen atoms in total. The Morgan fingerprint density at radius 1 is 0.970 bits per heavy atom. The molecule has 0 aliphatic carbocycles. The normalized spacial score (nSPS) is 15.7. The monoisotopic (exact) mass is 504 g/mol. The Labute approximate surface area is 200 Å². The highest BCUT2D eigenvalue weighted by Crippen LogP contribution is 2.39. The van der Waals surface area contributed by atoms with Gasteiger partial charge in [0.1, 0.15) is 5.58 Å². The minimum absolute atomic E-state index is 0.138. The van der Waals surface area contributed by atoms with E-state index in [9.17, 15) is 9.59 Å². The molecule has 0 fully saturated rings. The molecule has 0 radical (unpaired) electrons. The van der Waals surface area contributed by atoms with Crippen LogP contribution in [-0.4, -0.2) is 41.9 Å². The highest BCUT2D eigenvalue weighted by molar-refractivity contribution is 9.10. The van der Waals surface area contributed by atoms with Gasteiger partial charge in [-0.3, -0.25) is 9.59 Å². The summed E-state index contributed by atoms with van der Waals surface area (Å²) in [6.07, 6.45) is 0. The molecule has 1 aliphatic rings. The fraction of sp³-hybridized carbons (Fsp3) is 0.259. The molecule has 0 bridgehead atoms. The average Bonchev–Trinajstić information content (AvgIpc) is 3.11. The number of likely N-dealkylation sites (N-methyl/N-ethyl adjacent to an activating group) is 1. The Kier molecular flexibility index (Phi) is 5.81. The number of hydrogen-bond donors (Lipinski definition) is 0. The lowest BCUT2D eigenvalue weighted by atomic mass is 9.97. The Morgan fingerprint density at radius 3 is 2.52 bits per heavy atom. The van der Waals surface area contributed by atoms with Gasteiger partial charge in [0.05, 0.1) is 17.0 Å². The van der Waals surface area contributed by atoms with Crippen molar-refractivity contribution in [3.63, 3.8) is 0 Å². The molecule has 0 N–H and O–H groups in total. The van der Waals surface area contributed by atoms with Gasteiger partial charge in [0, 0.05) is 22.9 Å². The van der Waals surface area contributed by atoms with Gasteiger partial charge in [0.25, 0.3) is 5.91 Å². The second-order valence-corrected chi connectivity index (χ2v) is 9.24. The number of benzene rings is 3. The number of carbonyl (C=O) groups is 1. The van der Waals surface area contributed by atoms with Crippen LogP contribution in [0.2, 0.25) is 0 Å². The van der Waals surface area contributed by atoms with Gasteiger partial charge in [0.2, 0.25) is 5.76 Å². The molecule has 4 aromatic rings. The fourth-order valence-corrected chi connectivity index (χ4v) is 5.21. The number of carbonyl (C=O) groups excluding carboxylic acids is 1. The maximum Gasteiger partial charge on any atom is 0.290 e. The Morgan fingerprint density at radius 2 is 1.76 bits per heavy atom. The minimum Gasteiger partial charge on any atom is -0.450 e. The van der Waals surface area contributed by atoms with E-state index in [1.165, 1.54) is 0 Å². The first-order chi connectivity index (χ1) is 16.0. The van der Waals surface area contributed by atoms with E-state index in [1.54, 1.807) is 4.90 Å². The van der Waals surface area contributed by atoms with Gasteiger partial charge in [-0.05, 0) is 42.2 Å². The smallest absolute Gasteiger partial charge is 0.290 e. The molecule has 6 heteroatoms. The molecule has 1 unspecified atom stereocenters. The number of halogens is 1. The second kappa shape index (κ2) is 8.76. The molecule has 3 aromatic carbocycles. The van der Waals surface area contributed by atoms with E-state index in [1.807, 2.05) is 60.7 Å². The number of fused-ring (bicyclic) bond motifs is 4. The zero-order chi connectivity index (χ0) is 23.1. The van der Waals surface area contributed by atoms with Crippen LogP contribution in [-0.2, 0) is 0 Å². The molecule has 0 spiro atoms. The third kappa shape index (κ3) is 3.67. The SMILES string of the molecule is CCN(CC)CCN1C(=O)c2oc3c(ccc4ccccc43)c(=O)c2C1c1cccc(Br)c1. The number of rotatable bonds is 6. The average molecular weight is 505 g/mol. The van der Waals surface area contributed by atoms with Gasteiger partial charge in [-0.15, -0.1) is 0 Å². The molecular weight excluding hydrogens is 480 g/mol. The van der Waals surface area contributed by atoms with Crippen LogP contribution in [0.3, 0.4) is 0 Å². The summed E-state index contributed by atoms with van der Waals surface area (Å²) in [7, 11) is 0. The van der Waals surface area contributed by atoms with Crippen LogP contribution in [0.1, 0.15) is 41.6 Å². The third-order valence-corrected chi connectivity index (χ3v) is 7.07. The van der Waals surface area contributed by atoms with Gasteiger partial charge < -0.3 is 14.2 Å². The van der Waals surface area contributed by atoms with E-state index in [4.69, 9.17) is 4.42 Å². The zero-order valence-corrected chi connectivity index (χ0v) is 20.3. The summed E-state index contributed by atoms with van der Waals surface area (Å²) >= 11 is 3.54. The van der Waals surface area contributed by atoms with Gasteiger partial charge >= 0.3 is 0 Å². The zero-order valence-electron chi connectivity index (χ0n) is 18.7. The van der Waals surface area contributed by atoms with Crippen molar-refractivity contribution in [3.8, 4) is 0 Å². The summed E-state index contributed by atoms with van der Waals surface area (Å²) in [5.74, 6) is -0.0672. The Bertz CT molecular complexity index is 1420. The van der Waals surface area contributed by atoms with E-state index >= 15 is 0 Å². The molecule has 33 heavy (non-hydrogen) atoms. The lowest BCUT2D eigenvalue weighted by Crippen LogP contribution is -2.37. The first kappa shape index (κ1) is 21.9. The van der Waals surface area contributed by atoms with E-state index in [0.717, 1.165) is 40.4 Å². The molecule has 1 aromatic heterocycles. The first-order valence-electron chi connectivity index (χ1n) is 11.3. The second-order valence-electron chi connectivity index (χ2n) is 8.32. The van der Waals surface area contributed by atoms with Gasteiger partial charge in [-0.1, -0.05) is 72.2 Å². The molecule has 5 rings (SSSR count). The van der Waals surface area contributed by atoms with Gasteiger partial charge in [-0.25, -0.2) is 0 Å². The summed E-state index contributed by atoms with van der Waals surface area (Å²) in [5.41, 5.74) is 1.66. The highest BCUT2D eigenvalue weighted by Gasteiger charge is 2.42. The van der Waals surface area contributed by atoms with Crippen molar-refractivity contribution in [1.82, 2.24) is 9.80 Å². The molecule has 1 atom stereocenters. The summed E-state index contributed by atoms with van der Waals surface area (Å²) < 4.78 is 7.17. The van der Waals surface area contributed by atoms with Crippen LogP contribution in [0.5, 0.6) is 0 Å². The maximum atomic E-state index is 13.8. The van der Waals surface area contributed by atoms with Crippen LogP contribution in [0, 0.1) is 0 Å². The third-order valence-electron chi connectivity index (χ3n) is 6.57. The van der Waals surface area contributed by atoms with Crippen molar-refractivity contribution < 1.29 is 9.21 Å². The number of amides is 1. The first-order valence-corrected chi connectivity index (χ1v) is 12.1. The molecule has 2 heterocycles. The fourth-order valence-electron chi connectivity index (χ4n) is 4.79. The van der Waals surface area contributed by atoms with E-state index in [0.29, 0.717) is 23.1 Å². The predicted molar refractivity (Wildman–Crippen MR) is 135 cm³/mol. The summed E-state index contributed by atoms with van der Waals surface area (Å²) in [6.45, 7) is 7.27. The number of nitrogens with zero attached hydrogens (tertiary/aromatic N) is 2. The molecular formula is C27H25BrN2O3. The Balaban J connectivity index is 1.72. The quantitative estimate of drug-likeness (QED) is 0.321. The Hall–Kier alpha value is -2.96. The molecule has 0 saturated carbocycles. The number of hydrogen-bond acceptors (Lipinski definition) is 4. The summed E-state index contributed by atoms with van der Waals surface area (Å²) in [4.78, 5) is 31.5. The van der Waals surface area contributed by atoms with Crippen LogP contribution in [0.4, 0.5) is 0 Å². The van der Waals surface area contributed by atoms with Crippen molar-refractivity contribution in [3.05, 3.63) is 92.2 Å². The van der Waals surface area contributed by atoms with Crippen LogP contribution >= 0.6 is 15.9 Å². The van der Waals surface area contributed by atoms with E-state index in [2.05, 4.69) is 34.7 Å². The minimum atomic E-state index is -0.479. The molecule has 168 valence electrons. The van der Waals surface area contributed by atoms with E-state index in [-0.39, 0.29) is 17.1 Å². The molecule has 1 amide bonds. The van der Waals surface area contributed by atoms with Crippen molar-refractivity contribution >= 4 is 43.6 Å². The molecule has 0 saturated heterocycles. The molecule has 1 aliphatic heterocycles. The lowest BCUT2D eigenvalue weighted by Gasteiger charge is -2.28. The van der Waals surface area contributed by atoms with Gasteiger partial charge in [0.15, 0.2) is 5.43 Å². The standard InChI is InChI=1S/C27H25BrN2O3/c1-3-29(4-2)14-15-30-23(18-9-7-10-19(28)16-18)22-24(31)21-13-12-17-8-5-6-11-20(17)25(21)33-26(22)27(30)32/h5-13,16,23H,3-4,14-15H2,1-2H3. The van der Waals surface area contributed by atoms with Crippen molar-refractivity contribution in [2.24, 2.45) is 0 Å². The lowest BCUT2D eigenvalue weighted by molar-refractivity contribution is 0.0708. The van der Waals surface area contributed by atoms with Crippen molar-refractivity contribution in [2.75, 3.05) is 26.2 Å². The van der Waals surface area contributed by atoms with Gasteiger partial charge in [-0.2, -0.15) is 0 Å². The highest BCUT2D eigenvalue weighted by atomic mass is 79.9. The summed E-state index contributed by atoms with van der Waals surface area (Å²) in [5, 5.41) is 2.31. The largest absolute Gasteiger partial charge is 0.450 e. The van der Waals surface area contributed by atoms with Crippen molar-refractivity contribution in [2.45, 2.75) is 19.9 Å². The van der Waals surface area contributed by atoms with Crippen LogP contribution in [0.25, 0.3) is 21.7 Å². The maximum absolute atomic E-state index is 13.8. The topological polar surface area (TPSA) is 53.8 Å². The van der Waals surface area contributed by atoms with Crippen LogP contribution < -0.4 is 5.43 Å². The van der Waals surface area contributed by atoms with Crippen LogP contribution in [0.15, 0.2) is 74.3 Å².